The summed E-state index contributed by atoms with van der Waals surface area (Å²) in [7, 11) is -4.04. The summed E-state index contributed by atoms with van der Waals surface area (Å²) in [6, 6.07) is 5.79. The molecule has 1 heterocycles. The van der Waals surface area contributed by atoms with E-state index in [2.05, 4.69) is 11.9 Å². The van der Waals surface area contributed by atoms with E-state index in [-0.39, 0.29) is 47.8 Å². The summed E-state index contributed by atoms with van der Waals surface area (Å²) in [6.07, 6.45) is 8.62. The molecule has 10 heteroatoms. The molecule has 0 saturated heterocycles. The SMILES string of the molecule is CCCN(CS(=O)(=O)c1ccc(C(CC(CC)C2CCCCC2)=C(C(=O)O)c2cc(F)c(C)cc2C)nc1)C1(C(F)(F)CC)CC1. The van der Waals surface area contributed by atoms with Crippen molar-refractivity contribution in [2.45, 2.75) is 122 Å². The molecule has 1 aromatic heterocycles. The maximum absolute atomic E-state index is 15.0. The van der Waals surface area contributed by atoms with Crippen LogP contribution in [0.2, 0.25) is 0 Å². The predicted molar refractivity (Wildman–Crippen MR) is 176 cm³/mol. The lowest BCUT2D eigenvalue weighted by molar-refractivity contribution is -0.130. The molecule has 2 saturated carbocycles. The van der Waals surface area contributed by atoms with Crippen molar-refractivity contribution < 1.29 is 31.5 Å². The minimum absolute atomic E-state index is 0.0413. The summed E-state index contributed by atoms with van der Waals surface area (Å²) < 4.78 is 72.1. The number of aryl methyl sites for hydroxylation is 2. The number of carboxylic acid groups (broad SMARTS) is 1. The number of rotatable bonds is 15. The van der Waals surface area contributed by atoms with E-state index in [1.807, 2.05) is 6.92 Å². The molecule has 1 unspecified atom stereocenters. The van der Waals surface area contributed by atoms with Crippen LogP contribution in [0.15, 0.2) is 35.4 Å². The van der Waals surface area contributed by atoms with E-state index in [9.17, 15) is 31.5 Å². The maximum Gasteiger partial charge on any atom is 0.336 e. The Labute approximate surface area is 272 Å². The summed E-state index contributed by atoms with van der Waals surface area (Å²) in [4.78, 5) is 18.8. The standard InChI is InChI=1S/C36H49F3N2O4S/c1-6-18-41(35(16-17-35)36(38,39)8-3)23-46(44,45)28-14-15-32(40-22-28)30(20-26(7-2)27-12-10-9-11-13-27)33(34(42)43)29-21-31(37)25(5)19-24(29)4/h14-15,19,21-22,26-27H,6-13,16-18,20,23H2,1-5H3,(H,42,43). The van der Waals surface area contributed by atoms with E-state index < -0.39 is 39.0 Å². The molecule has 1 N–H and O–H groups in total. The van der Waals surface area contributed by atoms with E-state index in [1.54, 1.807) is 19.9 Å². The highest BCUT2D eigenvalue weighted by atomic mass is 32.2. The van der Waals surface area contributed by atoms with Crippen molar-refractivity contribution in [3.05, 3.63) is 58.7 Å². The molecule has 254 valence electrons. The Morgan fingerprint density at radius 2 is 1.76 bits per heavy atom. The first-order valence-corrected chi connectivity index (χ1v) is 18.4. The van der Waals surface area contributed by atoms with E-state index in [0.717, 1.165) is 32.1 Å². The number of allylic oxidation sites excluding steroid dienone is 1. The van der Waals surface area contributed by atoms with Crippen LogP contribution in [0, 0.1) is 31.5 Å². The number of aliphatic carboxylic acids is 1. The van der Waals surface area contributed by atoms with E-state index in [0.29, 0.717) is 41.2 Å². The summed E-state index contributed by atoms with van der Waals surface area (Å²) in [5, 5.41) is 10.6. The number of hydrogen-bond acceptors (Lipinski definition) is 5. The molecule has 4 rings (SSSR count). The highest BCUT2D eigenvalue weighted by Crippen LogP contribution is 2.54. The molecule has 0 spiro atoms. The fourth-order valence-electron chi connectivity index (χ4n) is 7.40. The van der Waals surface area contributed by atoms with Gasteiger partial charge in [-0.1, -0.05) is 65.4 Å². The van der Waals surface area contributed by atoms with Crippen LogP contribution in [0.25, 0.3) is 11.1 Å². The van der Waals surface area contributed by atoms with Gasteiger partial charge in [0.05, 0.1) is 21.7 Å². The van der Waals surface area contributed by atoms with Crippen molar-refractivity contribution in [1.29, 1.82) is 0 Å². The second-order valence-corrected chi connectivity index (χ2v) is 15.3. The van der Waals surface area contributed by atoms with Gasteiger partial charge in [0.15, 0.2) is 9.84 Å². The molecule has 6 nitrogen and oxygen atoms in total. The third kappa shape index (κ3) is 7.53. The monoisotopic (exact) mass is 662 g/mol. The minimum Gasteiger partial charge on any atom is -0.478 e. The molecular formula is C36H49F3N2O4S. The van der Waals surface area contributed by atoms with Crippen LogP contribution in [-0.4, -0.2) is 53.3 Å². The second-order valence-electron chi connectivity index (χ2n) is 13.3. The number of sulfone groups is 1. The molecule has 0 bridgehead atoms. The van der Waals surface area contributed by atoms with Gasteiger partial charge < -0.3 is 5.11 Å². The average Bonchev–Trinajstić information content (AvgIpc) is 3.84. The third-order valence-electron chi connectivity index (χ3n) is 10.3. The van der Waals surface area contributed by atoms with Crippen LogP contribution in [0.5, 0.6) is 0 Å². The number of nitrogens with zero attached hydrogens (tertiary/aromatic N) is 2. The molecule has 2 aliphatic rings. The van der Waals surface area contributed by atoms with Crippen LogP contribution in [-0.2, 0) is 14.6 Å². The Morgan fingerprint density at radius 3 is 2.28 bits per heavy atom. The lowest BCUT2D eigenvalue weighted by Crippen LogP contribution is -2.52. The van der Waals surface area contributed by atoms with Gasteiger partial charge in [0.25, 0.3) is 5.92 Å². The van der Waals surface area contributed by atoms with Crippen molar-refractivity contribution >= 4 is 27.0 Å². The Balaban J connectivity index is 1.77. The van der Waals surface area contributed by atoms with Crippen molar-refractivity contribution in [2.75, 3.05) is 12.4 Å². The Hall–Kier alpha value is -2.72. The number of aromatic nitrogens is 1. The summed E-state index contributed by atoms with van der Waals surface area (Å²) in [5.41, 5.74) is 0.549. The fourth-order valence-corrected chi connectivity index (χ4v) is 8.83. The van der Waals surface area contributed by atoms with Gasteiger partial charge in [-0.25, -0.2) is 26.4 Å². The number of halogens is 3. The van der Waals surface area contributed by atoms with Crippen molar-refractivity contribution in [3.8, 4) is 0 Å². The van der Waals surface area contributed by atoms with E-state index in [4.69, 9.17) is 0 Å². The first-order chi connectivity index (χ1) is 21.7. The molecule has 0 amide bonds. The normalized spacial score (nSPS) is 18.4. The first kappa shape index (κ1) is 36.1. The molecule has 0 aliphatic heterocycles. The number of carbonyl (C=O) groups is 1. The van der Waals surface area contributed by atoms with Gasteiger partial charge in [-0.05, 0) is 98.4 Å². The molecule has 2 aromatic rings. The highest BCUT2D eigenvalue weighted by molar-refractivity contribution is 7.91. The van der Waals surface area contributed by atoms with Crippen LogP contribution >= 0.6 is 0 Å². The van der Waals surface area contributed by atoms with Gasteiger partial charge in [0, 0.05) is 12.6 Å². The molecule has 1 atom stereocenters. The molecule has 1 aromatic carbocycles. The minimum atomic E-state index is -4.04. The molecule has 2 fully saturated rings. The molecule has 2 aliphatic carbocycles. The number of hydrogen-bond donors (Lipinski definition) is 1. The van der Waals surface area contributed by atoms with Crippen molar-refractivity contribution in [2.24, 2.45) is 11.8 Å². The van der Waals surface area contributed by atoms with Crippen molar-refractivity contribution in [3.63, 3.8) is 0 Å². The predicted octanol–water partition coefficient (Wildman–Crippen LogP) is 8.85. The summed E-state index contributed by atoms with van der Waals surface area (Å²) >= 11 is 0. The second kappa shape index (κ2) is 14.6. The van der Waals surface area contributed by atoms with Gasteiger partial charge in [0.1, 0.15) is 11.7 Å². The quantitative estimate of drug-likeness (QED) is 0.192. The largest absolute Gasteiger partial charge is 0.478 e. The van der Waals surface area contributed by atoms with Gasteiger partial charge in [-0.3, -0.25) is 9.88 Å². The third-order valence-corrected chi connectivity index (χ3v) is 11.9. The maximum atomic E-state index is 15.0. The molecule has 0 radical (unpaired) electrons. The fraction of sp³-hybridized carbons (Fsp3) is 0.611. The van der Waals surface area contributed by atoms with Crippen LogP contribution < -0.4 is 0 Å². The van der Waals surface area contributed by atoms with E-state index in [1.165, 1.54) is 42.6 Å². The zero-order valence-corrected chi connectivity index (χ0v) is 28.7. The molecular weight excluding hydrogens is 613 g/mol. The first-order valence-electron chi connectivity index (χ1n) is 16.8. The molecule has 46 heavy (non-hydrogen) atoms. The topological polar surface area (TPSA) is 87.6 Å². The Kier molecular flexibility index (Phi) is 11.5. The van der Waals surface area contributed by atoms with Crippen LogP contribution in [0.4, 0.5) is 13.2 Å². The van der Waals surface area contributed by atoms with Crippen molar-refractivity contribution in [1.82, 2.24) is 9.88 Å². The lowest BCUT2D eigenvalue weighted by atomic mass is 9.75. The number of carboxylic acids is 1. The van der Waals surface area contributed by atoms with Crippen LogP contribution in [0.3, 0.4) is 0 Å². The average molecular weight is 663 g/mol. The summed E-state index contributed by atoms with van der Waals surface area (Å²) in [5.74, 6) is -4.69. The number of pyridine rings is 1. The van der Waals surface area contributed by atoms with Gasteiger partial charge in [-0.2, -0.15) is 0 Å². The highest BCUT2D eigenvalue weighted by Gasteiger charge is 2.64. The smallest absolute Gasteiger partial charge is 0.336 e. The number of benzene rings is 1. The van der Waals surface area contributed by atoms with E-state index >= 15 is 0 Å². The lowest BCUT2D eigenvalue weighted by Gasteiger charge is -2.36. The van der Waals surface area contributed by atoms with Gasteiger partial charge in [-0.15, -0.1) is 0 Å². The summed E-state index contributed by atoms with van der Waals surface area (Å²) in [6.45, 7) is 8.95. The van der Waals surface area contributed by atoms with Gasteiger partial charge >= 0.3 is 5.97 Å². The Bertz CT molecular complexity index is 1530. The zero-order chi connectivity index (χ0) is 33.9. The zero-order valence-electron chi connectivity index (χ0n) is 27.8. The Morgan fingerprint density at radius 1 is 1.09 bits per heavy atom. The number of alkyl halides is 2. The van der Waals surface area contributed by atoms with Gasteiger partial charge in [0.2, 0.25) is 0 Å². The van der Waals surface area contributed by atoms with Crippen LogP contribution in [0.1, 0.15) is 114 Å².